The molecule has 1 aromatic carbocycles. The largest absolute Gasteiger partial charge is 0.381 e. The molecule has 90 valence electrons. The predicted octanol–water partition coefficient (Wildman–Crippen LogP) is 3.48. The number of nitrogens with zero attached hydrogens (tertiary/aromatic N) is 2. The van der Waals surface area contributed by atoms with Gasteiger partial charge in [0.1, 0.15) is 0 Å². The summed E-state index contributed by atoms with van der Waals surface area (Å²) in [6, 6.07) is 5.88. The summed E-state index contributed by atoms with van der Waals surface area (Å²) in [7, 11) is 0. The van der Waals surface area contributed by atoms with Gasteiger partial charge in [0.05, 0.1) is 6.20 Å². The van der Waals surface area contributed by atoms with Crippen molar-refractivity contribution in [1.29, 1.82) is 0 Å². The van der Waals surface area contributed by atoms with Crippen LogP contribution in [0.3, 0.4) is 0 Å². The molecule has 1 heterocycles. The Hall–Kier alpha value is -1.48. The lowest BCUT2D eigenvalue weighted by Crippen LogP contribution is -2.00. The van der Waals surface area contributed by atoms with E-state index in [4.69, 9.17) is 11.6 Å². The van der Waals surface area contributed by atoms with E-state index in [1.54, 1.807) is 0 Å². The molecule has 17 heavy (non-hydrogen) atoms. The second kappa shape index (κ2) is 5.23. The van der Waals surface area contributed by atoms with Crippen LogP contribution in [-0.4, -0.2) is 9.78 Å². The lowest BCUT2D eigenvalue weighted by molar-refractivity contribution is 0.659. The van der Waals surface area contributed by atoms with Gasteiger partial charge in [0, 0.05) is 35.6 Å². The molecule has 2 rings (SSSR count). The quantitative estimate of drug-likeness (QED) is 0.899. The van der Waals surface area contributed by atoms with Gasteiger partial charge in [0.25, 0.3) is 0 Å². The summed E-state index contributed by atoms with van der Waals surface area (Å²) in [4.78, 5) is 0. The molecule has 0 saturated heterocycles. The zero-order valence-corrected chi connectivity index (χ0v) is 10.8. The van der Waals surface area contributed by atoms with E-state index in [2.05, 4.69) is 17.3 Å². The first-order valence-corrected chi connectivity index (χ1v) is 6.09. The van der Waals surface area contributed by atoms with Gasteiger partial charge in [-0.3, -0.25) is 4.68 Å². The van der Waals surface area contributed by atoms with Crippen molar-refractivity contribution in [1.82, 2.24) is 9.78 Å². The molecular formula is C13H16ClN3. The van der Waals surface area contributed by atoms with E-state index < -0.39 is 0 Å². The van der Waals surface area contributed by atoms with Crippen molar-refractivity contribution in [3.63, 3.8) is 0 Å². The molecule has 1 N–H and O–H groups in total. The number of aryl methyl sites for hydroxylation is 1. The summed E-state index contributed by atoms with van der Waals surface area (Å²) < 4.78 is 1.92. The van der Waals surface area contributed by atoms with Crippen LogP contribution in [-0.2, 0) is 13.1 Å². The molecule has 0 spiro atoms. The minimum absolute atomic E-state index is 0.765. The van der Waals surface area contributed by atoms with Crippen LogP contribution in [0.25, 0.3) is 0 Å². The summed E-state index contributed by atoms with van der Waals surface area (Å²) in [6.07, 6.45) is 3.93. The molecule has 0 unspecified atom stereocenters. The maximum Gasteiger partial charge on any atom is 0.0539 e. The molecule has 0 amide bonds. The highest BCUT2D eigenvalue weighted by atomic mass is 35.5. The van der Waals surface area contributed by atoms with Gasteiger partial charge >= 0.3 is 0 Å². The number of aromatic nitrogens is 2. The molecule has 4 heteroatoms. The lowest BCUT2D eigenvalue weighted by Gasteiger charge is -2.09. The molecule has 0 fully saturated rings. The molecule has 2 aromatic rings. The highest BCUT2D eigenvalue weighted by Gasteiger charge is 2.02. The minimum Gasteiger partial charge on any atom is -0.381 e. The van der Waals surface area contributed by atoms with Crippen molar-refractivity contribution < 1.29 is 0 Å². The molecule has 0 radical (unpaired) electrons. The van der Waals surface area contributed by atoms with Crippen LogP contribution in [0.2, 0.25) is 5.02 Å². The maximum absolute atomic E-state index is 6.07. The van der Waals surface area contributed by atoms with Gasteiger partial charge < -0.3 is 5.32 Å². The highest BCUT2D eigenvalue weighted by Crippen LogP contribution is 2.23. The van der Waals surface area contributed by atoms with Crippen molar-refractivity contribution in [3.8, 4) is 0 Å². The number of nitrogens with one attached hydrogen (secondary N) is 1. The van der Waals surface area contributed by atoms with E-state index >= 15 is 0 Å². The Morgan fingerprint density at radius 1 is 1.41 bits per heavy atom. The van der Waals surface area contributed by atoms with Crippen molar-refractivity contribution >= 4 is 17.3 Å². The van der Waals surface area contributed by atoms with Gasteiger partial charge in [-0.25, -0.2) is 0 Å². The molecule has 0 aliphatic heterocycles. The van der Waals surface area contributed by atoms with Crippen LogP contribution in [0.15, 0.2) is 30.6 Å². The van der Waals surface area contributed by atoms with Crippen molar-refractivity contribution in [2.45, 2.75) is 26.9 Å². The fraction of sp³-hybridized carbons (Fsp3) is 0.308. The number of halogens is 1. The van der Waals surface area contributed by atoms with Gasteiger partial charge in [-0.15, -0.1) is 0 Å². The second-order valence-electron chi connectivity index (χ2n) is 3.97. The molecule has 0 saturated carbocycles. The van der Waals surface area contributed by atoms with Gasteiger partial charge in [0.2, 0.25) is 0 Å². The van der Waals surface area contributed by atoms with Crippen LogP contribution in [0.4, 0.5) is 5.69 Å². The topological polar surface area (TPSA) is 29.9 Å². The van der Waals surface area contributed by atoms with E-state index in [0.29, 0.717) is 0 Å². The average molecular weight is 250 g/mol. The normalized spacial score (nSPS) is 10.5. The Balaban J connectivity index is 2.04. The first-order valence-electron chi connectivity index (χ1n) is 5.71. The Kier molecular flexibility index (Phi) is 3.69. The fourth-order valence-corrected chi connectivity index (χ4v) is 1.84. The Morgan fingerprint density at radius 3 is 2.94 bits per heavy atom. The standard InChI is InChI=1S/C13H16ClN3/c1-3-17-9-11(8-16-17)7-15-13-6-4-5-12(14)10(13)2/h4-6,8-9,15H,3,7H2,1-2H3. The Labute approximate surface area is 106 Å². The Bertz CT molecular complexity index is 505. The highest BCUT2D eigenvalue weighted by molar-refractivity contribution is 6.31. The molecule has 0 bridgehead atoms. The molecule has 0 aliphatic rings. The average Bonchev–Trinajstić information content (AvgIpc) is 2.79. The first-order chi connectivity index (χ1) is 8.20. The van der Waals surface area contributed by atoms with E-state index in [1.807, 2.05) is 42.2 Å². The maximum atomic E-state index is 6.07. The summed E-state index contributed by atoms with van der Waals surface area (Å²) >= 11 is 6.07. The zero-order chi connectivity index (χ0) is 12.3. The van der Waals surface area contributed by atoms with Gasteiger partial charge in [-0.2, -0.15) is 5.10 Å². The molecule has 3 nitrogen and oxygen atoms in total. The van der Waals surface area contributed by atoms with Gasteiger partial charge in [-0.1, -0.05) is 17.7 Å². The van der Waals surface area contributed by atoms with Crippen LogP contribution in [0.1, 0.15) is 18.1 Å². The van der Waals surface area contributed by atoms with E-state index in [9.17, 15) is 0 Å². The number of hydrogen-bond donors (Lipinski definition) is 1. The van der Waals surface area contributed by atoms with Crippen LogP contribution < -0.4 is 5.32 Å². The summed E-state index contributed by atoms with van der Waals surface area (Å²) in [5, 5.41) is 8.40. The summed E-state index contributed by atoms with van der Waals surface area (Å²) in [5.41, 5.74) is 3.32. The SMILES string of the molecule is CCn1cc(CNc2cccc(Cl)c2C)cn1. The fourth-order valence-electron chi connectivity index (χ4n) is 1.67. The molecular weight excluding hydrogens is 234 g/mol. The van der Waals surface area contributed by atoms with E-state index in [-0.39, 0.29) is 0 Å². The summed E-state index contributed by atoms with van der Waals surface area (Å²) in [6.45, 7) is 5.75. The van der Waals surface area contributed by atoms with Crippen molar-refractivity contribution in [2.75, 3.05) is 5.32 Å². The monoisotopic (exact) mass is 249 g/mol. The van der Waals surface area contributed by atoms with Crippen molar-refractivity contribution in [3.05, 3.63) is 46.7 Å². The number of rotatable bonds is 4. The third-order valence-electron chi connectivity index (χ3n) is 2.76. The lowest BCUT2D eigenvalue weighted by atomic mass is 10.2. The smallest absolute Gasteiger partial charge is 0.0539 e. The van der Waals surface area contributed by atoms with Crippen LogP contribution in [0, 0.1) is 6.92 Å². The third kappa shape index (κ3) is 2.80. The zero-order valence-electron chi connectivity index (χ0n) is 10.1. The Morgan fingerprint density at radius 2 is 2.24 bits per heavy atom. The van der Waals surface area contributed by atoms with E-state index in [1.165, 1.54) is 5.56 Å². The van der Waals surface area contributed by atoms with Gasteiger partial charge in [0.15, 0.2) is 0 Å². The van der Waals surface area contributed by atoms with Gasteiger partial charge in [-0.05, 0) is 31.5 Å². The number of benzene rings is 1. The van der Waals surface area contributed by atoms with Crippen LogP contribution >= 0.6 is 11.6 Å². The number of anilines is 1. The minimum atomic E-state index is 0.765. The first kappa shape index (κ1) is 12.0. The van der Waals surface area contributed by atoms with E-state index in [0.717, 1.165) is 29.4 Å². The third-order valence-corrected chi connectivity index (χ3v) is 3.17. The molecule has 1 aromatic heterocycles. The molecule has 0 aliphatic carbocycles. The second-order valence-corrected chi connectivity index (χ2v) is 4.38. The van der Waals surface area contributed by atoms with Crippen molar-refractivity contribution in [2.24, 2.45) is 0 Å². The number of hydrogen-bond acceptors (Lipinski definition) is 2. The molecule has 0 atom stereocenters. The van der Waals surface area contributed by atoms with Crippen LogP contribution in [0.5, 0.6) is 0 Å². The predicted molar refractivity (Wildman–Crippen MR) is 71.4 cm³/mol. The summed E-state index contributed by atoms with van der Waals surface area (Å²) in [5.74, 6) is 0.